The summed E-state index contributed by atoms with van der Waals surface area (Å²) in [5, 5.41) is 2.25. The van der Waals surface area contributed by atoms with Gasteiger partial charge in [0, 0.05) is 39.9 Å². The molecule has 4 heteroatoms. The van der Waals surface area contributed by atoms with Crippen molar-refractivity contribution >= 4 is 34.1 Å². The van der Waals surface area contributed by atoms with Gasteiger partial charge in [-0.25, -0.2) is 9.97 Å². The zero-order chi connectivity index (χ0) is 38.2. The van der Waals surface area contributed by atoms with Gasteiger partial charge in [-0.05, 0) is 92.0 Å². The molecule has 3 heterocycles. The van der Waals surface area contributed by atoms with Crippen molar-refractivity contribution in [3.63, 3.8) is 0 Å². The van der Waals surface area contributed by atoms with Gasteiger partial charge < -0.3 is 4.42 Å². The van der Waals surface area contributed by atoms with Crippen LogP contribution in [0.5, 0.6) is 0 Å². The van der Waals surface area contributed by atoms with E-state index in [2.05, 4.69) is 175 Å². The number of benzene rings is 7. The van der Waals surface area contributed by atoms with Crippen molar-refractivity contribution in [2.45, 2.75) is 5.41 Å². The maximum Gasteiger partial charge on any atom is 0.160 e. The first-order valence-electron chi connectivity index (χ1n) is 19.7. The quantitative estimate of drug-likeness (QED) is 0.180. The Morgan fingerprint density at radius 3 is 1.90 bits per heavy atom. The van der Waals surface area contributed by atoms with Gasteiger partial charge in [0.25, 0.3) is 0 Å². The fraction of sp³-hybridized carbons (Fsp3) is 0.0185. The Hall–Kier alpha value is -7.69. The van der Waals surface area contributed by atoms with E-state index < -0.39 is 5.41 Å². The van der Waals surface area contributed by atoms with Crippen molar-refractivity contribution in [3.05, 3.63) is 222 Å². The first-order chi connectivity index (χ1) is 28.7. The molecule has 58 heavy (non-hydrogen) atoms. The average molecular weight is 740 g/mol. The molecule has 1 atom stereocenters. The topological polar surface area (TPSA) is 51.8 Å². The summed E-state index contributed by atoms with van der Waals surface area (Å²) in [4.78, 5) is 15.0. The van der Waals surface area contributed by atoms with Gasteiger partial charge in [0.05, 0.1) is 16.8 Å². The van der Waals surface area contributed by atoms with Gasteiger partial charge in [-0.3, -0.25) is 4.98 Å². The van der Waals surface area contributed by atoms with Crippen molar-refractivity contribution in [1.29, 1.82) is 0 Å². The Morgan fingerprint density at radius 2 is 1.07 bits per heavy atom. The minimum absolute atomic E-state index is 0.646. The molecular weight excluding hydrogens is 707 g/mol. The molecule has 1 unspecified atom stereocenters. The molecule has 0 N–H and O–H groups in total. The summed E-state index contributed by atoms with van der Waals surface area (Å²) in [7, 11) is 0. The van der Waals surface area contributed by atoms with E-state index in [4.69, 9.17) is 14.4 Å². The van der Waals surface area contributed by atoms with Gasteiger partial charge in [-0.1, -0.05) is 152 Å². The maximum absolute atomic E-state index is 6.61. The number of para-hydroxylation sites is 1. The van der Waals surface area contributed by atoms with Crippen LogP contribution in [0.4, 0.5) is 0 Å². The standard InChI is InChI=1S/C54H33N3O/c1-2-12-37(13-3-1)49-32-50(38-25-20-34(21-26-38)40-14-10-28-55-33-40)57-53(56-49)39-27-24-36-23-22-35-11-4-7-17-45(35)54(47(36)29-39)46-18-8-5-15-41(46)43-30-44-42-16-6-9-19-51(42)58-52(44)31-48(43)54/h1-33H. The molecule has 0 amide bonds. The van der Waals surface area contributed by atoms with Crippen molar-refractivity contribution < 1.29 is 4.42 Å². The number of pyridine rings is 1. The van der Waals surface area contributed by atoms with E-state index in [1.807, 2.05) is 24.4 Å². The monoisotopic (exact) mass is 739 g/mol. The third kappa shape index (κ3) is 4.85. The third-order valence-electron chi connectivity index (χ3n) is 12.0. The van der Waals surface area contributed by atoms with Crippen LogP contribution in [-0.4, -0.2) is 15.0 Å². The molecule has 2 aliphatic carbocycles. The Labute approximate surface area is 335 Å². The predicted molar refractivity (Wildman–Crippen MR) is 235 cm³/mol. The molecule has 12 rings (SSSR count). The van der Waals surface area contributed by atoms with Crippen LogP contribution >= 0.6 is 0 Å². The summed E-state index contributed by atoms with van der Waals surface area (Å²) in [6.07, 6.45) is 8.23. The maximum atomic E-state index is 6.61. The Bertz CT molecular complexity index is 3270. The first kappa shape index (κ1) is 32.5. The van der Waals surface area contributed by atoms with Crippen LogP contribution in [0.15, 0.2) is 193 Å². The summed E-state index contributed by atoms with van der Waals surface area (Å²) in [6.45, 7) is 0. The lowest BCUT2D eigenvalue weighted by atomic mass is 9.65. The summed E-state index contributed by atoms with van der Waals surface area (Å²) >= 11 is 0. The van der Waals surface area contributed by atoms with E-state index in [0.29, 0.717) is 5.82 Å². The van der Waals surface area contributed by atoms with Gasteiger partial charge in [-0.2, -0.15) is 0 Å². The van der Waals surface area contributed by atoms with E-state index in [1.165, 1.54) is 38.9 Å². The van der Waals surface area contributed by atoms with E-state index in [-0.39, 0.29) is 0 Å². The van der Waals surface area contributed by atoms with Gasteiger partial charge in [0.2, 0.25) is 0 Å². The number of furan rings is 1. The molecule has 1 spiro atoms. The molecule has 0 radical (unpaired) electrons. The number of rotatable bonds is 4. The third-order valence-corrected chi connectivity index (χ3v) is 12.0. The molecule has 0 bridgehead atoms. The lowest BCUT2D eigenvalue weighted by Crippen LogP contribution is -2.30. The van der Waals surface area contributed by atoms with Crippen molar-refractivity contribution in [2.24, 2.45) is 0 Å². The normalized spacial score (nSPS) is 14.9. The molecule has 270 valence electrons. The van der Waals surface area contributed by atoms with Crippen LogP contribution in [0.3, 0.4) is 0 Å². The molecule has 4 nitrogen and oxygen atoms in total. The van der Waals surface area contributed by atoms with Crippen LogP contribution in [0.2, 0.25) is 0 Å². The number of hydrogen-bond acceptors (Lipinski definition) is 4. The van der Waals surface area contributed by atoms with Crippen molar-refractivity contribution in [3.8, 4) is 56.2 Å². The van der Waals surface area contributed by atoms with Crippen LogP contribution < -0.4 is 0 Å². The molecule has 0 fully saturated rings. The minimum atomic E-state index is -0.646. The van der Waals surface area contributed by atoms with Crippen molar-refractivity contribution in [2.75, 3.05) is 0 Å². The number of fused-ring (bicyclic) bond motifs is 12. The fourth-order valence-corrected chi connectivity index (χ4v) is 9.40. The summed E-state index contributed by atoms with van der Waals surface area (Å²) in [5.41, 5.74) is 17.7. The molecular formula is C54H33N3O. The zero-order valence-electron chi connectivity index (χ0n) is 31.3. The van der Waals surface area contributed by atoms with E-state index in [9.17, 15) is 0 Å². The Balaban J connectivity index is 1.11. The smallest absolute Gasteiger partial charge is 0.160 e. The molecule has 10 aromatic rings. The van der Waals surface area contributed by atoms with Crippen LogP contribution in [-0.2, 0) is 5.41 Å². The minimum Gasteiger partial charge on any atom is -0.456 e. The largest absolute Gasteiger partial charge is 0.456 e. The fourth-order valence-electron chi connectivity index (χ4n) is 9.40. The highest BCUT2D eigenvalue weighted by molar-refractivity contribution is 6.08. The molecule has 0 saturated heterocycles. The second kappa shape index (κ2) is 12.7. The molecule has 0 aliphatic heterocycles. The SMILES string of the molecule is C1=Cc2ccc(-c3nc(-c4ccccc4)cc(-c4ccc(-c5cccnc5)cc4)n3)cc2C2(c3ccccc31)c1ccccc1-c1cc3c(cc12)oc1ccccc13. The summed E-state index contributed by atoms with van der Waals surface area (Å²) < 4.78 is 6.61. The molecule has 3 aromatic heterocycles. The highest BCUT2D eigenvalue weighted by Crippen LogP contribution is 2.59. The highest BCUT2D eigenvalue weighted by Gasteiger charge is 2.49. The number of aromatic nitrogens is 3. The zero-order valence-corrected chi connectivity index (χ0v) is 31.3. The lowest BCUT2D eigenvalue weighted by Gasteiger charge is -2.35. The highest BCUT2D eigenvalue weighted by atomic mass is 16.3. The molecule has 7 aromatic carbocycles. The number of nitrogens with zero attached hydrogens (tertiary/aromatic N) is 3. The average Bonchev–Trinajstić information content (AvgIpc) is 3.75. The van der Waals surface area contributed by atoms with Gasteiger partial charge in [-0.15, -0.1) is 0 Å². The summed E-state index contributed by atoms with van der Waals surface area (Å²) in [5.74, 6) is 0.673. The first-order valence-corrected chi connectivity index (χ1v) is 19.7. The number of hydrogen-bond donors (Lipinski definition) is 0. The molecule has 0 saturated carbocycles. The second-order valence-corrected chi connectivity index (χ2v) is 15.2. The van der Waals surface area contributed by atoms with Crippen molar-refractivity contribution in [1.82, 2.24) is 15.0 Å². The van der Waals surface area contributed by atoms with E-state index >= 15 is 0 Å². The van der Waals surface area contributed by atoms with Crippen LogP contribution in [0.1, 0.15) is 33.4 Å². The van der Waals surface area contributed by atoms with Gasteiger partial charge in [0.1, 0.15) is 11.2 Å². The van der Waals surface area contributed by atoms with E-state index in [0.717, 1.165) is 66.7 Å². The van der Waals surface area contributed by atoms with E-state index in [1.54, 1.807) is 6.20 Å². The lowest BCUT2D eigenvalue weighted by molar-refractivity contribution is 0.666. The van der Waals surface area contributed by atoms with Crippen LogP contribution in [0.25, 0.3) is 90.2 Å². The molecule has 2 aliphatic rings. The predicted octanol–water partition coefficient (Wildman–Crippen LogP) is 13.3. The van der Waals surface area contributed by atoms with Crippen LogP contribution in [0, 0.1) is 0 Å². The van der Waals surface area contributed by atoms with Gasteiger partial charge in [0.15, 0.2) is 5.82 Å². The summed E-state index contributed by atoms with van der Waals surface area (Å²) in [6, 6.07) is 62.6. The Morgan fingerprint density at radius 1 is 0.397 bits per heavy atom. The second-order valence-electron chi connectivity index (χ2n) is 15.2. The Kier molecular flexibility index (Phi) is 7.11. The van der Waals surface area contributed by atoms with Gasteiger partial charge >= 0.3 is 0 Å².